The zero-order valence-electron chi connectivity index (χ0n) is 7.27. The predicted molar refractivity (Wildman–Crippen MR) is 51.9 cm³/mol. The van der Waals surface area contributed by atoms with Crippen LogP contribution in [0.1, 0.15) is 10.4 Å². The smallest absolute Gasteiger partial charge is 0.250 e. The number of pyridine rings is 1. The summed E-state index contributed by atoms with van der Waals surface area (Å²) in [4.78, 5) is 14.9. The van der Waals surface area contributed by atoms with Gasteiger partial charge in [0, 0.05) is 17.8 Å². The maximum atomic E-state index is 11.0. The highest BCUT2D eigenvalue weighted by molar-refractivity contribution is 6.05. The summed E-state index contributed by atoms with van der Waals surface area (Å²) in [5.74, 6) is -0.380. The number of hydrogen-bond donors (Lipinski definition) is 2. The van der Waals surface area contributed by atoms with Crippen molar-refractivity contribution in [3.63, 3.8) is 0 Å². The first-order chi connectivity index (χ1) is 6.68. The van der Waals surface area contributed by atoms with Gasteiger partial charge in [-0.05, 0) is 23.6 Å². The minimum Gasteiger partial charge on any atom is -0.508 e. The van der Waals surface area contributed by atoms with E-state index in [9.17, 15) is 9.90 Å². The number of benzene rings is 1. The molecule has 0 saturated heterocycles. The second kappa shape index (κ2) is 2.99. The van der Waals surface area contributed by atoms with Crippen LogP contribution in [0.3, 0.4) is 0 Å². The standard InChI is InChI=1S/C10H8N2O2/c11-10(14)9-5-12-4-6-3-7(13)1-2-8(6)9/h1-5,13H,(H2,11,14). The summed E-state index contributed by atoms with van der Waals surface area (Å²) in [7, 11) is 0. The van der Waals surface area contributed by atoms with Gasteiger partial charge in [0.2, 0.25) is 0 Å². The summed E-state index contributed by atoms with van der Waals surface area (Å²) >= 11 is 0. The summed E-state index contributed by atoms with van der Waals surface area (Å²) in [5, 5.41) is 10.6. The van der Waals surface area contributed by atoms with Gasteiger partial charge in [0.1, 0.15) is 5.75 Å². The molecule has 70 valence electrons. The number of aromatic hydroxyl groups is 1. The number of aromatic nitrogens is 1. The Morgan fingerprint density at radius 1 is 1.36 bits per heavy atom. The molecule has 0 unspecified atom stereocenters. The molecule has 1 amide bonds. The number of hydrogen-bond acceptors (Lipinski definition) is 3. The van der Waals surface area contributed by atoms with Crippen molar-refractivity contribution in [2.24, 2.45) is 5.73 Å². The van der Waals surface area contributed by atoms with Gasteiger partial charge in [-0.1, -0.05) is 0 Å². The number of phenolic OH excluding ortho intramolecular Hbond substituents is 1. The SMILES string of the molecule is NC(=O)c1cncc2cc(O)ccc12. The molecule has 1 aromatic carbocycles. The summed E-state index contributed by atoms with van der Waals surface area (Å²) in [5.41, 5.74) is 5.54. The third-order valence-corrected chi connectivity index (χ3v) is 2.01. The van der Waals surface area contributed by atoms with Gasteiger partial charge in [-0.15, -0.1) is 0 Å². The van der Waals surface area contributed by atoms with Crippen molar-refractivity contribution < 1.29 is 9.90 Å². The van der Waals surface area contributed by atoms with Crippen LogP contribution in [0.4, 0.5) is 0 Å². The number of nitrogens with two attached hydrogens (primary N) is 1. The summed E-state index contributed by atoms with van der Waals surface area (Å²) < 4.78 is 0. The van der Waals surface area contributed by atoms with Crippen molar-refractivity contribution in [1.82, 2.24) is 4.98 Å². The van der Waals surface area contributed by atoms with E-state index < -0.39 is 5.91 Å². The molecule has 1 aromatic heterocycles. The summed E-state index contributed by atoms with van der Waals surface area (Å²) in [6.07, 6.45) is 2.99. The Labute approximate surface area is 80.0 Å². The first-order valence-corrected chi connectivity index (χ1v) is 4.05. The van der Waals surface area contributed by atoms with Gasteiger partial charge >= 0.3 is 0 Å². The fourth-order valence-corrected chi connectivity index (χ4v) is 1.36. The lowest BCUT2D eigenvalue weighted by molar-refractivity contribution is 0.100. The van der Waals surface area contributed by atoms with Crippen LogP contribution in [0, 0.1) is 0 Å². The van der Waals surface area contributed by atoms with Gasteiger partial charge in [-0.3, -0.25) is 9.78 Å². The van der Waals surface area contributed by atoms with Crippen LogP contribution in [0.15, 0.2) is 30.6 Å². The van der Waals surface area contributed by atoms with Crippen molar-refractivity contribution in [2.45, 2.75) is 0 Å². The Kier molecular flexibility index (Phi) is 1.81. The fourth-order valence-electron chi connectivity index (χ4n) is 1.36. The fraction of sp³-hybridized carbons (Fsp3) is 0. The van der Waals surface area contributed by atoms with Gasteiger partial charge in [0.25, 0.3) is 5.91 Å². The average Bonchev–Trinajstić information content (AvgIpc) is 2.16. The van der Waals surface area contributed by atoms with Crippen molar-refractivity contribution in [3.8, 4) is 5.75 Å². The van der Waals surface area contributed by atoms with E-state index in [4.69, 9.17) is 5.73 Å². The summed E-state index contributed by atoms with van der Waals surface area (Å²) in [6, 6.07) is 4.69. The third-order valence-electron chi connectivity index (χ3n) is 2.01. The molecule has 4 nitrogen and oxygen atoms in total. The van der Waals surface area contributed by atoms with Crippen LogP contribution in [0.2, 0.25) is 0 Å². The van der Waals surface area contributed by atoms with Crippen LogP contribution in [0.25, 0.3) is 10.8 Å². The molecule has 4 heteroatoms. The van der Waals surface area contributed by atoms with E-state index in [1.54, 1.807) is 12.3 Å². The van der Waals surface area contributed by atoms with E-state index in [2.05, 4.69) is 4.98 Å². The van der Waals surface area contributed by atoms with Crippen molar-refractivity contribution in [2.75, 3.05) is 0 Å². The maximum absolute atomic E-state index is 11.0. The lowest BCUT2D eigenvalue weighted by atomic mass is 10.1. The van der Waals surface area contributed by atoms with E-state index in [1.165, 1.54) is 18.3 Å². The van der Waals surface area contributed by atoms with E-state index in [1.807, 2.05) is 0 Å². The Bertz CT molecular complexity index is 508. The predicted octanol–water partition coefficient (Wildman–Crippen LogP) is 1.04. The van der Waals surface area contributed by atoms with E-state index in [0.29, 0.717) is 16.3 Å². The van der Waals surface area contributed by atoms with Crippen molar-refractivity contribution >= 4 is 16.7 Å². The van der Waals surface area contributed by atoms with Crippen LogP contribution >= 0.6 is 0 Å². The van der Waals surface area contributed by atoms with Crippen LogP contribution < -0.4 is 5.73 Å². The highest BCUT2D eigenvalue weighted by Crippen LogP contribution is 2.21. The molecule has 14 heavy (non-hydrogen) atoms. The molecule has 0 aliphatic heterocycles. The summed E-state index contributed by atoms with van der Waals surface area (Å²) in [6.45, 7) is 0. The van der Waals surface area contributed by atoms with Crippen LogP contribution in [-0.4, -0.2) is 16.0 Å². The molecule has 0 radical (unpaired) electrons. The largest absolute Gasteiger partial charge is 0.508 e. The second-order valence-corrected chi connectivity index (χ2v) is 2.96. The number of carbonyl (C=O) groups excluding carboxylic acids is 1. The zero-order valence-corrected chi connectivity index (χ0v) is 7.27. The van der Waals surface area contributed by atoms with Crippen LogP contribution in [0.5, 0.6) is 5.75 Å². The van der Waals surface area contributed by atoms with E-state index in [-0.39, 0.29) is 5.75 Å². The zero-order chi connectivity index (χ0) is 10.1. The normalized spacial score (nSPS) is 10.3. The molecule has 3 N–H and O–H groups in total. The topological polar surface area (TPSA) is 76.2 Å². The number of phenols is 1. The van der Waals surface area contributed by atoms with Gasteiger partial charge in [-0.25, -0.2) is 0 Å². The lowest BCUT2D eigenvalue weighted by Gasteiger charge is -2.02. The molecule has 1 heterocycles. The number of nitrogens with zero attached hydrogens (tertiary/aromatic N) is 1. The number of rotatable bonds is 1. The minimum atomic E-state index is -0.520. The lowest BCUT2D eigenvalue weighted by Crippen LogP contribution is -2.11. The Morgan fingerprint density at radius 3 is 2.86 bits per heavy atom. The Balaban J connectivity index is 2.81. The number of primary amides is 1. The highest BCUT2D eigenvalue weighted by atomic mass is 16.3. The van der Waals surface area contributed by atoms with E-state index in [0.717, 1.165) is 0 Å². The first-order valence-electron chi connectivity index (χ1n) is 4.05. The molecule has 0 aliphatic carbocycles. The highest BCUT2D eigenvalue weighted by Gasteiger charge is 2.06. The van der Waals surface area contributed by atoms with Gasteiger partial charge in [0.05, 0.1) is 5.56 Å². The van der Waals surface area contributed by atoms with Gasteiger partial charge in [-0.2, -0.15) is 0 Å². The third kappa shape index (κ3) is 1.26. The molecule has 0 bridgehead atoms. The molecule has 2 rings (SSSR count). The van der Waals surface area contributed by atoms with Crippen molar-refractivity contribution in [3.05, 3.63) is 36.2 Å². The quantitative estimate of drug-likeness (QED) is 0.701. The molecule has 0 saturated carbocycles. The van der Waals surface area contributed by atoms with E-state index >= 15 is 0 Å². The first kappa shape index (κ1) is 8.50. The average molecular weight is 188 g/mol. The molecule has 0 aliphatic rings. The van der Waals surface area contributed by atoms with Crippen molar-refractivity contribution in [1.29, 1.82) is 0 Å². The Morgan fingerprint density at radius 2 is 2.14 bits per heavy atom. The molecule has 2 aromatic rings. The maximum Gasteiger partial charge on any atom is 0.250 e. The molecular weight excluding hydrogens is 180 g/mol. The number of amides is 1. The monoisotopic (exact) mass is 188 g/mol. The number of carbonyl (C=O) groups is 1. The molecule has 0 fully saturated rings. The van der Waals surface area contributed by atoms with Crippen LogP contribution in [-0.2, 0) is 0 Å². The van der Waals surface area contributed by atoms with Gasteiger partial charge in [0.15, 0.2) is 0 Å². The Hall–Kier alpha value is -2.10. The second-order valence-electron chi connectivity index (χ2n) is 2.96. The molecule has 0 atom stereocenters. The van der Waals surface area contributed by atoms with Gasteiger partial charge < -0.3 is 10.8 Å². The molecule has 0 spiro atoms. The number of fused-ring (bicyclic) bond motifs is 1. The minimum absolute atomic E-state index is 0.140. The molecular formula is C10H8N2O2.